The van der Waals surface area contributed by atoms with Crippen LogP contribution in [-0.4, -0.2) is 40.9 Å². The molecule has 2 aromatic heterocycles. The quantitative estimate of drug-likeness (QED) is 0.243. The van der Waals surface area contributed by atoms with Gasteiger partial charge in [-0.2, -0.15) is 0 Å². The maximum atomic E-state index is 4.41. The molecule has 28 heavy (non-hydrogen) atoms. The van der Waals surface area contributed by atoms with Crippen LogP contribution in [0, 0.1) is 5.92 Å². The van der Waals surface area contributed by atoms with Crippen molar-refractivity contribution >= 4 is 41.3 Å². The number of halogens is 1. The van der Waals surface area contributed by atoms with Crippen LogP contribution >= 0.6 is 35.3 Å². The molecule has 1 atom stereocenters. The number of thiophene rings is 1. The van der Waals surface area contributed by atoms with E-state index in [-0.39, 0.29) is 24.0 Å². The van der Waals surface area contributed by atoms with Gasteiger partial charge in [-0.1, -0.05) is 19.4 Å². The van der Waals surface area contributed by atoms with Crippen LogP contribution < -0.4 is 10.6 Å². The Morgan fingerprint density at radius 1 is 1.29 bits per heavy atom. The van der Waals surface area contributed by atoms with Crippen molar-refractivity contribution in [2.45, 2.75) is 58.4 Å². The number of aromatic nitrogens is 3. The van der Waals surface area contributed by atoms with E-state index in [0.717, 1.165) is 57.1 Å². The molecule has 1 aliphatic heterocycles. The number of hydrogen-bond donors (Lipinski definition) is 2. The highest BCUT2D eigenvalue weighted by molar-refractivity contribution is 14.0. The normalized spacial score (nSPS) is 15.3. The van der Waals surface area contributed by atoms with Crippen LogP contribution in [0.25, 0.3) is 0 Å². The summed E-state index contributed by atoms with van der Waals surface area (Å²) < 4.78 is 2.34. The first kappa shape index (κ1) is 23.1. The zero-order chi connectivity index (χ0) is 18.9. The van der Waals surface area contributed by atoms with E-state index >= 15 is 0 Å². The van der Waals surface area contributed by atoms with Crippen LogP contribution in [0.1, 0.15) is 49.1 Å². The third kappa shape index (κ3) is 7.02. The van der Waals surface area contributed by atoms with E-state index in [1.165, 1.54) is 30.0 Å². The highest BCUT2D eigenvalue weighted by Gasteiger charge is 2.14. The number of aliphatic imine (C=N–C) groups is 1. The SMILES string of the molecule is CN=C(NCCCc1nnc2n1CCCCC2)NCC(C)Cc1cccs1.I. The number of hydrogen-bond acceptors (Lipinski definition) is 4. The van der Waals surface area contributed by atoms with Crippen molar-refractivity contribution in [3.8, 4) is 0 Å². The number of fused-ring (bicyclic) bond motifs is 1. The zero-order valence-corrected chi connectivity index (χ0v) is 20.1. The van der Waals surface area contributed by atoms with Crippen molar-refractivity contribution in [1.29, 1.82) is 0 Å². The van der Waals surface area contributed by atoms with Crippen molar-refractivity contribution < 1.29 is 0 Å². The third-order valence-electron chi connectivity index (χ3n) is 5.03. The molecule has 2 N–H and O–H groups in total. The van der Waals surface area contributed by atoms with E-state index in [9.17, 15) is 0 Å². The number of aryl methyl sites for hydroxylation is 2. The fourth-order valence-corrected chi connectivity index (χ4v) is 4.39. The summed E-state index contributed by atoms with van der Waals surface area (Å²) in [5.74, 6) is 3.77. The van der Waals surface area contributed by atoms with E-state index in [1.54, 1.807) is 0 Å². The van der Waals surface area contributed by atoms with Crippen LogP contribution in [-0.2, 0) is 25.8 Å². The molecule has 1 aliphatic rings. The molecule has 2 aromatic rings. The van der Waals surface area contributed by atoms with Gasteiger partial charge in [0.1, 0.15) is 11.6 Å². The Bertz CT molecular complexity index is 712. The molecule has 0 amide bonds. The molecule has 0 spiro atoms. The molecule has 0 saturated heterocycles. The molecule has 0 bridgehead atoms. The van der Waals surface area contributed by atoms with Crippen molar-refractivity contribution in [2.75, 3.05) is 20.1 Å². The molecular weight excluding hydrogens is 483 g/mol. The summed E-state index contributed by atoms with van der Waals surface area (Å²) in [5.41, 5.74) is 0. The Labute approximate surface area is 189 Å². The summed E-state index contributed by atoms with van der Waals surface area (Å²) in [6.07, 6.45) is 7.97. The van der Waals surface area contributed by atoms with Gasteiger partial charge in [0.05, 0.1) is 0 Å². The maximum absolute atomic E-state index is 4.41. The molecule has 8 heteroatoms. The maximum Gasteiger partial charge on any atom is 0.190 e. The molecule has 1 unspecified atom stereocenters. The highest BCUT2D eigenvalue weighted by Crippen LogP contribution is 2.15. The summed E-state index contributed by atoms with van der Waals surface area (Å²) in [5, 5.41) is 17.8. The number of nitrogens with one attached hydrogen (secondary N) is 2. The lowest BCUT2D eigenvalue weighted by Gasteiger charge is -2.15. The minimum atomic E-state index is 0. The largest absolute Gasteiger partial charge is 0.356 e. The van der Waals surface area contributed by atoms with Gasteiger partial charge in [0.2, 0.25) is 0 Å². The van der Waals surface area contributed by atoms with Gasteiger partial charge in [-0.3, -0.25) is 4.99 Å². The molecule has 0 fully saturated rings. The summed E-state index contributed by atoms with van der Waals surface area (Å²) in [6.45, 7) is 5.17. The number of rotatable bonds is 8. The van der Waals surface area contributed by atoms with Gasteiger partial charge in [0.15, 0.2) is 5.96 Å². The second kappa shape index (κ2) is 12.4. The smallest absolute Gasteiger partial charge is 0.190 e. The number of guanidine groups is 1. The zero-order valence-electron chi connectivity index (χ0n) is 17.0. The fourth-order valence-electron chi connectivity index (χ4n) is 3.52. The summed E-state index contributed by atoms with van der Waals surface area (Å²) in [7, 11) is 1.83. The van der Waals surface area contributed by atoms with Gasteiger partial charge in [-0.15, -0.1) is 45.5 Å². The van der Waals surface area contributed by atoms with Crippen LogP contribution in [0.15, 0.2) is 22.5 Å². The predicted molar refractivity (Wildman–Crippen MR) is 128 cm³/mol. The Kier molecular flexibility index (Phi) is 10.3. The second-order valence-corrected chi connectivity index (χ2v) is 8.40. The monoisotopic (exact) mass is 516 g/mol. The minimum Gasteiger partial charge on any atom is -0.356 e. The topological polar surface area (TPSA) is 67.1 Å². The fraction of sp³-hybridized carbons (Fsp3) is 0.650. The third-order valence-corrected chi connectivity index (χ3v) is 5.93. The lowest BCUT2D eigenvalue weighted by atomic mass is 10.1. The van der Waals surface area contributed by atoms with Crippen molar-refractivity contribution in [1.82, 2.24) is 25.4 Å². The van der Waals surface area contributed by atoms with E-state index in [1.807, 2.05) is 18.4 Å². The van der Waals surface area contributed by atoms with E-state index < -0.39 is 0 Å². The van der Waals surface area contributed by atoms with Crippen LogP contribution in [0.2, 0.25) is 0 Å². The average molecular weight is 516 g/mol. The van der Waals surface area contributed by atoms with Crippen molar-refractivity contribution in [3.05, 3.63) is 34.0 Å². The van der Waals surface area contributed by atoms with Crippen molar-refractivity contribution in [3.63, 3.8) is 0 Å². The Hall–Kier alpha value is -1.16. The van der Waals surface area contributed by atoms with E-state index in [4.69, 9.17) is 0 Å². The van der Waals surface area contributed by atoms with E-state index in [2.05, 4.69) is 54.8 Å². The van der Waals surface area contributed by atoms with Gasteiger partial charge in [0.25, 0.3) is 0 Å². The van der Waals surface area contributed by atoms with Crippen molar-refractivity contribution in [2.24, 2.45) is 10.9 Å². The molecule has 156 valence electrons. The Morgan fingerprint density at radius 3 is 2.96 bits per heavy atom. The predicted octanol–water partition coefficient (Wildman–Crippen LogP) is 3.66. The second-order valence-electron chi connectivity index (χ2n) is 7.37. The first-order valence-electron chi connectivity index (χ1n) is 10.1. The van der Waals surface area contributed by atoms with Crippen LogP contribution in [0.4, 0.5) is 0 Å². The van der Waals surface area contributed by atoms with Gasteiger partial charge in [0, 0.05) is 44.4 Å². The first-order valence-corrected chi connectivity index (χ1v) is 11.0. The molecule has 0 aromatic carbocycles. The molecule has 0 aliphatic carbocycles. The van der Waals surface area contributed by atoms with Gasteiger partial charge < -0.3 is 15.2 Å². The minimum absolute atomic E-state index is 0. The van der Waals surface area contributed by atoms with Gasteiger partial charge in [-0.25, -0.2) is 0 Å². The standard InChI is InChI=1S/C20H32N6S.HI/c1-16(14-17-8-7-13-27-17)15-23-20(21-2)22-11-6-10-19-25-24-18-9-4-3-5-12-26(18)19;/h7-8,13,16H,3-6,9-12,14-15H2,1-2H3,(H2,21,22,23);1H. The van der Waals surface area contributed by atoms with E-state index in [0.29, 0.717) is 5.92 Å². The summed E-state index contributed by atoms with van der Waals surface area (Å²) in [6, 6.07) is 4.33. The molecule has 6 nitrogen and oxygen atoms in total. The summed E-state index contributed by atoms with van der Waals surface area (Å²) >= 11 is 1.83. The first-order chi connectivity index (χ1) is 13.3. The van der Waals surface area contributed by atoms with Gasteiger partial charge >= 0.3 is 0 Å². The summed E-state index contributed by atoms with van der Waals surface area (Å²) in [4.78, 5) is 5.78. The Balaban J connectivity index is 0.00000280. The lowest BCUT2D eigenvalue weighted by molar-refractivity contribution is 0.560. The van der Waals surface area contributed by atoms with Crippen LogP contribution in [0.3, 0.4) is 0 Å². The molecule has 0 radical (unpaired) electrons. The molecular formula is C20H33IN6S. The Morgan fingerprint density at radius 2 is 2.18 bits per heavy atom. The highest BCUT2D eigenvalue weighted by atomic mass is 127. The molecule has 3 heterocycles. The average Bonchev–Trinajstić information content (AvgIpc) is 3.25. The lowest BCUT2D eigenvalue weighted by Crippen LogP contribution is -2.40. The molecule has 0 saturated carbocycles. The number of nitrogens with zero attached hydrogens (tertiary/aromatic N) is 4. The van der Waals surface area contributed by atoms with Gasteiger partial charge in [-0.05, 0) is 43.0 Å². The molecule has 3 rings (SSSR count). The van der Waals surface area contributed by atoms with Crippen LogP contribution in [0.5, 0.6) is 0 Å².